The fourth-order valence-corrected chi connectivity index (χ4v) is 0.427. The van der Waals surface area contributed by atoms with E-state index in [1.54, 1.807) is 32.8 Å². The van der Waals surface area contributed by atoms with Gasteiger partial charge in [0.15, 0.2) is 0 Å². The van der Waals surface area contributed by atoms with E-state index in [0.29, 0.717) is 12.2 Å². The third kappa shape index (κ3) is 4.38. The van der Waals surface area contributed by atoms with Crippen molar-refractivity contribution in [1.82, 2.24) is 0 Å². The van der Waals surface area contributed by atoms with Crippen LogP contribution in [0, 0.1) is 0 Å². The normalized spacial score (nSPS) is 8.11. The maximum atomic E-state index is 10.6. The average molecular weight is 240 g/mol. The van der Waals surface area contributed by atoms with Crippen molar-refractivity contribution in [3.8, 4) is 0 Å². The van der Waals surface area contributed by atoms with Gasteiger partial charge in [-0.2, -0.15) is 0 Å². The summed E-state index contributed by atoms with van der Waals surface area (Å²) in [4.78, 5) is 10.6. The molecule has 0 aliphatic heterocycles. The van der Waals surface area contributed by atoms with Gasteiger partial charge in [0, 0.05) is 0 Å². The van der Waals surface area contributed by atoms with Crippen LogP contribution in [0.5, 0.6) is 0 Å². The van der Waals surface area contributed by atoms with Crippen LogP contribution in [-0.2, 0) is 9.53 Å². The van der Waals surface area contributed by atoms with Gasteiger partial charge in [-0.1, -0.05) is 0 Å². The molecule has 0 aliphatic carbocycles. The average Bonchev–Trinajstić information content (AvgIpc) is 1.82. The van der Waals surface area contributed by atoms with E-state index in [-0.39, 0.29) is 5.97 Å². The Morgan fingerprint density at radius 3 is 2.78 bits per heavy atom. The second kappa shape index (κ2) is 4.72. The van der Waals surface area contributed by atoms with E-state index in [0.717, 1.165) is 0 Å². The van der Waals surface area contributed by atoms with E-state index in [2.05, 4.69) is 11.3 Å². The van der Waals surface area contributed by atoms with Crippen LogP contribution in [0.25, 0.3) is 0 Å². The van der Waals surface area contributed by atoms with Crippen molar-refractivity contribution in [1.29, 1.82) is 0 Å². The van der Waals surface area contributed by atoms with Gasteiger partial charge in [0.1, 0.15) is 0 Å². The zero-order valence-corrected chi connectivity index (χ0v) is 7.55. The molecule has 9 heavy (non-hydrogen) atoms. The van der Waals surface area contributed by atoms with Crippen molar-refractivity contribution in [2.24, 2.45) is 0 Å². The summed E-state index contributed by atoms with van der Waals surface area (Å²) in [6.07, 6.45) is 0. The molecule has 0 rings (SSSR count). The first-order valence-corrected chi connectivity index (χ1v) is 3.79. The van der Waals surface area contributed by atoms with E-state index in [1.807, 2.05) is 0 Å². The second-order valence-electron chi connectivity index (χ2n) is 1.55. The number of esters is 1. The van der Waals surface area contributed by atoms with Crippen LogP contribution in [0.2, 0.25) is 0 Å². The maximum absolute atomic E-state index is 10.6. The molecule has 0 saturated carbocycles. The molecule has 0 unspecified atom stereocenters. The van der Waals surface area contributed by atoms with Crippen molar-refractivity contribution in [2.75, 3.05) is 6.61 Å². The number of carbonyl (C=O) groups excluding carboxylic acids is 1. The van der Waals surface area contributed by atoms with Crippen molar-refractivity contribution in [3.05, 3.63) is 12.2 Å². The first kappa shape index (κ1) is 8.87. The molecule has 2 nitrogen and oxygen atoms in total. The SMILES string of the molecule is C=C(C)C(=O)OCC=[Te]. The molecular formula is C6H8O2Te. The molecule has 0 aromatic carbocycles. The summed E-state index contributed by atoms with van der Waals surface area (Å²) in [7, 11) is 0. The van der Waals surface area contributed by atoms with Gasteiger partial charge < -0.3 is 0 Å². The summed E-state index contributed by atoms with van der Waals surface area (Å²) in [5, 5.41) is 0. The van der Waals surface area contributed by atoms with E-state index in [9.17, 15) is 4.79 Å². The van der Waals surface area contributed by atoms with Crippen LogP contribution in [0.4, 0.5) is 0 Å². The standard InChI is InChI=1S/C6H8O2Te/c1-5(2)6(7)8-3-4-9/h4H,1,3H2,2H3. The Morgan fingerprint density at radius 2 is 2.44 bits per heavy atom. The van der Waals surface area contributed by atoms with E-state index < -0.39 is 0 Å². The van der Waals surface area contributed by atoms with Gasteiger partial charge in [-0.3, -0.25) is 0 Å². The van der Waals surface area contributed by atoms with Crippen molar-refractivity contribution in [3.63, 3.8) is 0 Å². The molecule has 0 aliphatic rings. The molecule has 0 amide bonds. The van der Waals surface area contributed by atoms with Gasteiger partial charge in [0.05, 0.1) is 0 Å². The summed E-state index contributed by atoms with van der Waals surface area (Å²) in [5.41, 5.74) is 0.443. The van der Waals surface area contributed by atoms with Gasteiger partial charge >= 0.3 is 67.1 Å². The third-order valence-electron chi connectivity index (χ3n) is 0.631. The summed E-state index contributed by atoms with van der Waals surface area (Å²) in [5.74, 6) is -0.324. The number of hydrogen-bond donors (Lipinski definition) is 0. The molecule has 0 saturated heterocycles. The molecule has 0 fully saturated rings. The Balaban J connectivity index is 3.51. The number of carbonyl (C=O) groups is 1. The Bertz CT molecular complexity index is 140. The molecule has 0 N–H and O–H groups in total. The quantitative estimate of drug-likeness (QED) is 0.396. The number of rotatable bonds is 3. The fraction of sp³-hybridized carbons (Fsp3) is 0.333. The molecular weight excluding hydrogens is 232 g/mol. The topological polar surface area (TPSA) is 26.3 Å². The van der Waals surface area contributed by atoms with Crippen LogP contribution in [-0.4, -0.2) is 38.5 Å². The molecule has 0 aromatic heterocycles. The Kier molecular flexibility index (Phi) is 4.65. The minimum absolute atomic E-state index is 0.324. The van der Waals surface area contributed by atoms with Crippen LogP contribution >= 0.6 is 0 Å². The summed E-state index contributed by atoms with van der Waals surface area (Å²) in [6, 6.07) is 0. The molecule has 0 spiro atoms. The van der Waals surface area contributed by atoms with Gasteiger partial charge in [-0.25, -0.2) is 0 Å². The third-order valence-corrected chi connectivity index (χ3v) is 1.02. The molecule has 0 bridgehead atoms. The summed E-state index contributed by atoms with van der Waals surface area (Å²) in [6.45, 7) is 5.42. The first-order valence-electron chi connectivity index (χ1n) is 2.44. The van der Waals surface area contributed by atoms with Gasteiger partial charge in [0.25, 0.3) is 0 Å². The van der Waals surface area contributed by atoms with Gasteiger partial charge in [0.2, 0.25) is 0 Å². The van der Waals surface area contributed by atoms with Crippen molar-refractivity contribution < 1.29 is 9.53 Å². The van der Waals surface area contributed by atoms with Crippen molar-refractivity contribution in [2.45, 2.75) is 6.92 Å². The van der Waals surface area contributed by atoms with Crippen molar-refractivity contribution >= 4 is 31.8 Å². The van der Waals surface area contributed by atoms with Gasteiger partial charge in [-0.05, 0) is 0 Å². The van der Waals surface area contributed by atoms with Crippen LogP contribution in [0.3, 0.4) is 0 Å². The molecule has 0 heterocycles. The molecule has 50 valence electrons. The zero-order chi connectivity index (χ0) is 7.28. The molecule has 3 heteroatoms. The van der Waals surface area contributed by atoms with Gasteiger partial charge in [-0.15, -0.1) is 0 Å². The van der Waals surface area contributed by atoms with E-state index in [1.165, 1.54) is 0 Å². The monoisotopic (exact) mass is 242 g/mol. The zero-order valence-electron chi connectivity index (χ0n) is 5.22. The number of ether oxygens (including phenoxy) is 1. The Labute approximate surface area is 67.3 Å². The van der Waals surface area contributed by atoms with Crippen LogP contribution in [0.15, 0.2) is 12.2 Å². The number of hydrogen-bond acceptors (Lipinski definition) is 2. The van der Waals surface area contributed by atoms with Crippen LogP contribution < -0.4 is 0 Å². The summed E-state index contributed by atoms with van der Waals surface area (Å²) < 4.78 is 6.44. The Hall–Kier alpha value is -0.130. The molecule has 0 radical (unpaired) electrons. The second-order valence-corrected chi connectivity index (χ2v) is 2.50. The first-order chi connectivity index (χ1) is 4.18. The Morgan fingerprint density at radius 1 is 1.89 bits per heavy atom. The van der Waals surface area contributed by atoms with Crippen LogP contribution in [0.1, 0.15) is 6.92 Å². The minimum atomic E-state index is -0.324. The van der Waals surface area contributed by atoms with E-state index in [4.69, 9.17) is 0 Å². The predicted molar refractivity (Wildman–Crippen MR) is 37.6 cm³/mol. The molecule has 0 aromatic rings. The van der Waals surface area contributed by atoms with E-state index >= 15 is 0 Å². The summed E-state index contributed by atoms with van der Waals surface area (Å²) >= 11 is 1.76. The predicted octanol–water partition coefficient (Wildman–Crippen LogP) is 0.0764. The fourth-order valence-electron chi connectivity index (χ4n) is 0.233. The molecule has 0 atom stereocenters.